The number of para-hydroxylation sites is 2. The van der Waals surface area contributed by atoms with Crippen molar-refractivity contribution in [3.63, 3.8) is 0 Å². The number of allylic oxidation sites excluding steroid dienone is 4. The highest BCUT2D eigenvalue weighted by Crippen LogP contribution is 2.51. The van der Waals surface area contributed by atoms with E-state index in [0.29, 0.717) is 5.92 Å². The third kappa shape index (κ3) is 9.09. The average Bonchev–Trinajstić information content (AvgIpc) is 4.13. The zero-order chi connectivity index (χ0) is 43.6. The number of aromatic nitrogens is 2. The number of nitrogens with zero attached hydrogens (tertiary/aromatic N) is 3. The number of hydrogen-bond donors (Lipinski definition) is 1. The Morgan fingerprint density at radius 2 is 1.44 bits per heavy atom. The zero-order valence-corrected chi connectivity index (χ0v) is 40.3. The number of thiophene rings is 5. The fourth-order valence-corrected chi connectivity index (χ4v) is 15.4. The number of benzene rings is 2. The Labute approximate surface area is 390 Å². The largest absolute Gasteiger partial charge is 0.477 e. The Bertz CT molecular complexity index is 3090. The number of aliphatic carboxylic acids is 1. The molecule has 320 valence electrons. The molecule has 63 heavy (non-hydrogen) atoms. The summed E-state index contributed by atoms with van der Waals surface area (Å²) in [5.41, 5.74) is 9.79. The first-order valence-corrected chi connectivity index (χ1v) is 26.3. The van der Waals surface area contributed by atoms with Crippen LogP contribution < -0.4 is 0 Å². The van der Waals surface area contributed by atoms with Crippen LogP contribution in [0.4, 0.5) is 0 Å². The van der Waals surface area contributed by atoms with E-state index in [0.717, 1.165) is 51.3 Å². The molecule has 1 aliphatic rings. The molecule has 1 atom stereocenters. The van der Waals surface area contributed by atoms with Crippen LogP contribution in [0.25, 0.3) is 82.9 Å². The van der Waals surface area contributed by atoms with E-state index in [1.807, 2.05) is 46.1 Å². The van der Waals surface area contributed by atoms with Gasteiger partial charge in [-0.3, -0.25) is 4.57 Å². The summed E-state index contributed by atoms with van der Waals surface area (Å²) < 4.78 is 7.16. The van der Waals surface area contributed by atoms with Gasteiger partial charge in [0.05, 0.1) is 20.4 Å². The Hall–Kier alpha value is -4.89. The zero-order valence-electron chi connectivity index (χ0n) is 36.3. The lowest BCUT2D eigenvalue weighted by atomic mass is 9.95. The quantitative estimate of drug-likeness (QED) is 0.0561. The monoisotopic (exact) mass is 921 g/mol. The highest BCUT2D eigenvalue weighted by atomic mass is 32.1. The van der Waals surface area contributed by atoms with Crippen molar-refractivity contribution in [1.82, 2.24) is 9.55 Å². The lowest BCUT2D eigenvalue weighted by Crippen LogP contribution is -2.06. The van der Waals surface area contributed by atoms with E-state index < -0.39 is 5.97 Å². The van der Waals surface area contributed by atoms with Crippen molar-refractivity contribution in [3.8, 4) is 47.4 Å². The molecular formula is C53H51N3O2S5. The van der Waals surface area contributed by atoms with Gasteiger partial charge in [0.1, 0.15) is 17.5 Å². The van der Waals surface area contributed by atoms with Crippen LogP contribution in [-0.2, 0) is 17.6 Å². The second-order valence-corrected chi connectivity index (χ2v) is 22.2. The van der Waals surface area contributed by atoms with Gasteiger partial charge in [0, 0.05) is 49.9 Å². The van der Waals surface area contributed by atoms with Crippen LogP contribution in [-0.4, -0.2) is 20.6 Å². The molecule has 0 radical (unpaired) electrons. The van der Waals surface area contributed by atoms with Gasteiger partial charge < -0.3 is 5.11 Å². The van der Waals surface area contributed by atoms with Gasteiger partial charge in [-0.1, -0.05) is 107 Å². The summed E-state index contributed by atoms with van der Waals surface area (Å²) in [6.07, 6.45) is 19.3. The first-order valence-electron chi connectivity index (χ1n) is 22.3. The summed E-state index contributed by atoms with van der Waals surface area (Å²) in [4.78, 5) is 24.3. The summed E-state index contributed by atoms with van der Waals surface area (Å²) in [7, 11) is 0. The van der Waals surface area contributed by atoms with Gasteiger partial charge in [-0.15, -0.1) is 56.7 Å². The lowest BCUT2D eigenvalue weighted by molar-refractivity contribution is -0.132. The van der Waals surface area contributed by atoms with Gasteiger partial charge in [0.15, 0.2) is 0 Å². The van der Waals surface area contributed by atoms with Crippen LogP contribution in [0, 0.1) is 17.2 Å². The number of unbranched alkanes of at least 4 members (excludes halogenated alkanes) is 6. The third-order valence-corrected chi connectivity index (χ3v) is 18.4. The molecule has 0 bridgehead atoms. The van der Waals surface area contributed by atoms with Crippen molar-refractivity contribution >= 4 is 104 Å². The van der Waals surface area contributed by atoms with Crippen LogP contribution >= 0.6 is 56.7 Å². The minimum atomic E-state index is -1.19. The molecule has 6 heterocycles. The minimum Gasteiger partial charge on any atom is -0.477 e. The van der Waals surface area contributed by atoms with Crippen LogP contribution in [0.3, 0.4) is 0 Å². The fourth-order valence-electron chi connectivity index (χ4n) is 8.84. The van der Waals surface area contributed by atoms with E-state index in [2.05, 4.69) is 111 Å². The van der Waals surface area contributed by atoms with Crippen LogP contribution in [0.1, 0.15) is 101 Å². The molecule has 6 aromatic heterocycles. The van der Waals surface area contributed by atoms with E-state index in [9.17, 15) is 15.2 Å². The molecule has 0 saturated carbocycles. The molecule has 5 nitrogen and oxygen atoms in total. The van der Waals surface area contributed by atoms with E-state index in [1.54, 1.807) is 22.7 Å². The van der Waals surface area contributed by atoms with Crippen LogP contribution in [0.15, 0.2) is 96.1 Å². The number of nitriles is 1. The first-order chi connectivity index (χ1) is 30.7. The van der Waals surface area contributed by atoms with Crippen LogP contribution in [0.2, 0.25) is 0 Å². The van der Waals surface area contributed by atoms with E-state index in [4.69, 9.17) is 4.98 Å². The Morgan fingerprint density at radius 1 is 0.794 bits per heavy atom. The van der Waals surface area contributed by atoms with Crippen LogP contribution in [0.5, 0.6) is 0 Å². The Morgan fingerprint density at radius 3 is 2.16 bits per heavy atom. The second-order valence-electron chi connectivity index (χ2n) is 16.9. The number of carboxylic acids is 1. The smallest absolute Gasteiger partial charge is 0.346 e. The maximum absolute atomic E-state index is 11.5. The van der Waals surface area contributed by atoms with Crippen molar-refractivity contribution in [2.45, 2.75) is 98.3 Å². The number of fused-ring (bicyclic) bond motifs is 4. The normalized spacial score (nSPS) is 14.5. The van der Waals surface area contributed by atoms with Crippen molar-refractivity contribution in [2.24, 2.45) is 5.92 Å². The molecule has 0 saturated heterocycles. The number of hydrogen-bond acceptors (Lipinski definition) is 8. The molecule has 0 amide bonds. The van der Waals surface area contributed by atoms with Crippen molar-refractivity contribution in [1.29, 1.82) is 5.26 Å². The molecule has 0 fully saturated rings. The van der Waals surface area contributed by atoms with Crippen molar-refractivity contribution in [3.05, 3.63) is 112 Å². The average molecular weight is 922 g/mol. The fraction of sp³-hybridized carbons (Fsp3) is 0.302. The van der Waals surface area contributed by atoms with Gasteiger partial charge in [0.25, 0.3) is 0 Å². The Kier molecular flexibility index (Phi) is 13.1. The maximum Gasteiger partial charge on any atom is 0.346 e. The number of aryl methyl sites for hydroxylation is 2. The molecule has 1 N–H and O–H groups in total. The van der Waals surface area contributed by atoms with Crippen molar-refractivity contribution in [2.75, 3.05) is 0 Å². The number of carbonyl (C=O) groups is 1. The standard InChI is InChI=1S/C53H51N3O2S5/c1-5-7-9-11-15-36-28-45(63-48(36)34-19-21-35(22-20-34)52-55-41-17-13-14-18-42(41)56(52)39-24-32(3)23-33(4)25-39)49-37(16-12-10-8-6-2)27-43(61-49)44-30-47-51(62-44)50-46(60-47)29-40(59-50)26-38(31-54)53(57)58/h13-14,17-22,24-30,32H,5-12,15-16,23H2,1-4H3,(H,57,58)/b38-26+. The third-order valence-electron chi connectivity index (χ3n) is 11.9. The van der Waals surface area contributed by atoms with E-state index >= 15 is 0 Å². The second kappa shape index (κ2) is 19.1. The van der Waals surface area contributed by atoms with Gasteiger partial charge in [-0.2, -0.15) is 5.26 Å². The summed E-state index contributed by atoms with van der Waals surface area (Å²) in [6.45, 7) is 9.10. The van der Waals surface area contributed by atoms with E-state index in [1.165, 1.54) is 124 Å². The molecule has 10 heteroatoms. The molecule has 0 aliphatic heterocycles. The maximum atomic E-state index is 11.5. The summed E-state index contributed by atoms with van der Waals surface area (Å²) in [5, 5.41) is 18.8. The molecule has 9 rings (SSSR count). The number of carboxylic acid groups (broad SMARTS) is 1. The van der Waals surface area contributed by atoms with Gasteiger partial charge in [-0.05, 0) is 110 Å². The van der Waals surface area contributed by atoms with Gasteiger partial charge >= 0.3 is 5.97 Å². The number of imidazole rings is 1. The first kappa shape index (κ1) is 43.4. The van der Waals surface area contributed by atoms with Gasteiger partial charge in [0.2, 0.25) is 0 Å². The lowest BCUT2D eigenvalue weighted by Gasteiger charge is -2.19. The number of rotatable bonds is 17. The minimum absolute atomic E-state index is 0.241. The van der Waals surface area contributed by atoms with Gasteiger partial charge in [-0.25, -0.2) is 9.78 Å². The molecule has 2 aromatic carbocycles. The predicted molar refractivity (Wildman–Crippen MR) is 275 cm³/mol. The molecule has 1 aliphatic carbocycles. The molecular weight excluding hydrogens is 871 g/mol. The summed E-state index contributed by atoms with van der Waals surface area (Å²) in [6, 6.07) is 28.9. The SMILES string of the molecule is CCCCCCc1cc(-c2sc(-c3cc4sc5cc(/C=C(\C#N)C(=O)O)sc5c4s3)cc2CCCCCC)sc1-c1ccc(-c2nc3ccccc3n2C2=CC(C)CC(C)=C2)cc1. The molecule has 1 unspecified atom stereocenters. The molecule has 0 spiro atoms. The van der Waals surface area contributed by atoms with E-state index in [-0.39, 0.29) is 5.57 Å². The highest BCUT2D eigenvalue weighted by molar-refractivity contribution is 7.40. The topological polar surface area (TPSA) is 78.9 Å². The summed E-state index contributed by atoms with van der Waals surface area (Å²) in [5.74, 6) is 0.264. The van der Waals surface area contributed by atoms with Crippen molar-refractivity contribution < 1.29 is 9.90 Å². The molecule has 8 aromatic rings. The predicted octanol–water partition coefficient (Wildman–Crippen LogP) is 17.4. The summed E-state index contributed by atoms with van der Waals surface area (Å²) >= 11 is 9.04. The Balaban J connectivity index is 1.08. The highest BCUT2D eigenvalue weighted by Gasteiger charge is 2.23.